The van der Waals surface area contributed by atoms with Gasteiger partial charge in [-0.25, -0.2) is 0 Å². The number of benzene rings is 3. The van der Waals surface area contributed by atoms with E-state index >= 15 is 0 Å². The molecule has 2 aliphatic rings. The molecule has 0 aromatic heterocycles. The second kappa shape index (κ2) is 12.9. The zero-order valence-corrected chi connectivity index (χ0v) is 25.3. The molecule has 2 aliphatic heterocycles. The van der Waals surface area contributed by atoms with Crippen molar-refractivity contribution in [2.75, 3.05) is 32.8 Å². The Morgan fingerprint density at radius 1 is 1.00 bits per heavy atom. The van der Waals surface area contributed by atoms with E-state index in [0.29, 0.717) is 55.1 Å². The van der Waals surface area contributed by atoms with Crippen LogP contribution in [0.4, 0.5) is 0 Å². The number of halogens is 2. The van der Waals surface area contributed by atoms with Gasteiger partial charge in [0.25, 0.3) is 5.91 Å². The molecule has 1 amide bonds. The summed E-state index contributed by atoms with van der Waals surface area (Å²) in [6.45, 7) is 9.46. The number of fused-ring (bicyclic) bond motifs is 2. The van der Waals surface area contributed by atoms with Crippen LogP contribution in [0, 0.1) is 13.8 Å². The molecule has 0 radical (unpaired) electrons. The lowest BCUT2D eigenvalue weighted by atomic mass is 9.78. The maximum atomic E-state index is 13.6. The lowest BCUT2D eigenvalue weighted by Gasteiger charge is -2.47. The molecule has 8 heteroatoms. The van der Waals surface area contributed by atoms with Crippen molar-refractivity contribution < 1.29 is 14.3 Å². The van der Waals surface area contributed by atoms with Gasteiger partial charge in [-0.3, -0.25) is 10.1 Å². The van der Waals surface area contributed by atoms with Gasteiger partial charge in [-0.1, -0.05) is 59.6 Å². The fourth-order valence-corrected chi connectivity index (χ4v) is 6.01. The summed E-state index contributed by atoms with van der Waals surface area (Å²) in [5.74, 6) is 1.50. The number of amides is 1. The monoisotopic (exact) mass is 593 g/mol. The van der Waals surface area contributed by atoms with Crippen LogP contribution in [0.5, 0.6) is 11.5 Å². The predicted octanol–water partition coefficient (Wildman–Crippen LogP) is 6.20. The molecule has 0 aliphatic carbocycles. The van der Waals surface area contributed by atoms with Crippen LogP contribution >= 0.6 is 23.2 Å². The van der Waals surface area contributed by atoms with Crippen molar-refractivity contribution in [3.63, 3.8) is 0 Å². The number of carbonyl (C=O) groups is 1. The van der Waals surface area contributed by atoms with Crippen LogP contribution in [0.1, 0.15) is 35.6 Å². The maximum Gasteiger partial charge on any atom is 0.251 e. The summed E-state index contributed by atoms with van der Waals surface area (Å²) in [4.78, 5) is 15.5. The van der Waals surface area contributed by atoms with Gasteiger partial charge < -0.3 is 19.7 Å². The number of hydrogen-bond acceptors (Lipinski definition) is 5. The molecule has 2 N–H and O–H groups in total. The topological polar surface area (TPSA) is 62.8 Å². The van der Waals surface area contributed by atoms with Crippen molar-refractivity contribution in [3.05, 3.63) is 105 Å². The number of ether oxygens (including phenoxy) is 2. The first kappa shape index (κ1) is 29.5. The van der Waals surface area contributed by atoms with Crippen LogP contribution < -0.4 is 20.1 Å². The summed E-state index contributed by atoms with van der Waals surface area (Å²) in [5, 5.41) is 8.64. The van der Waals surface area contributed by atoms with E-state index in [0.717, 1.165) is 40.1 Å². The summed E-state index contributed by atoms with van der Waals surface area (Å²) in [6, 6.07) is 19.7. The van der Waals surface area contributed by atoms with Crippen molar-refractivity contribution in [3.8, 4) is 11.5 Å². The summed E-state index contributed by atoms with van der Waals surface area (Å²) in [6.07, 6.45) is 2.84. The van der Waals surface area contributed by atoms with Crippen LogP contribution in [-0.4, -0.2) is 49.7 Å². The molecule has 2 bridgehead atoms. The Hall–Kier alpha value is -3.03. The minimum absolute atomic E-state index is 0.0512. The smallest absolute Gasteiger partial charge is 0.251 e. The molecule has 41 heavy (non-hydrogen) atoms. The lowest BCUT2D eigenvalue weighted by Crippen LogP contribution is -2.65. The van der Waals surface area contributed by atoms with Gasteiger partial charge in [0.2, 0.25) is 0 Å². The molecule has 1 saturated heterocycles. The second-order valence-corrected chi connectivity index (χ2v) is 11.6. The van der Waals surface area contributed by atoms with Gasteiger partial charge >= 0.3 is 0 Å². The quantitative estimate of drug-likeness (QED) is 0.274. The van der Waals surface area contributed by atoms with Crippen LogP contribution in [0.25, 0.3) is 0 Å². The molecular weight excluding hydrogens is 557 g/mol. The Kier molecular flexibility index (Phi) is 9.25. The Morgan fingerprint density at radius 3 is 2.49 bits per heavy atom. The van der Waals surface area contributed by atoms with E-state index in [4.69, 9.17) is 32.7 Å². The number of rotatable bonds is 10. The van der Waals surface area contributed by atoms with Crippen LogP contribution in [0.2, 0.25) is 10.0 Å². The summed E-state index contributed by atoms with van der Waals surface area (Å²) in [7, 11) is 0. The molecular formula is C33H37Cl2N3O3. The van der Waals surface area contributed by atoms with E-state index < -0.39 is 0 Å². The van der Waals surface area contributed by atoms with Crippen LogP contribution in [0.15, 0.2) is 72.3 Å². The van der Waals surface area contributed by atoms with E-state index in [-0.39, 0.29) is 17.5 Å². The third kappa shape index (κ3) is 6.57. The Morgan fingerprint density at radius 2 is 1.73 bits per heavy atom. The van der Waals surface area contributed by atoms with Gasteiger partial charge in [0.05, 0.1) is 16.6 Å². The fraction of sp³-hybridized carbons (Fsp3) is 0.364. The zero-order chi connectivity index (χ0) is 29.0. The lowest BCUT2D eigenvalue weighted by molar-refractivity contribution is -0.128. The van der Waals surface area contributed by atoms with E-state index in [1.165, 1.54) is 0 Å². The molecule has 3 aromatic rings. The van der Waals surface area contributed by atoms with Gasteiger partial charge in [0, 0.05) is 36.8 Å². The van der Waals surface area contributed by atoms with Crippen molar-refractivity contribution in [2.24, 2.45) is 0 Å². The Balaban J connectivity index is 1.20. The van der Waals surface area contributed by atoms with E-state index in [9.17, 15) is 4.79 Å². The molecule has 2 atom stereocenters. The summed E-state index contributed by atoms with van der Waals surface area (Å²) in [5.41, 5.74) is 4.92. The second-order valence-electron chi connectivity index (χ2n) is 10.8. The third-order valence-corrected chi connectivity index (χ3v) is 8.74. The number of nitrogens with one attached hydrogen (secondary N) is 2. The number of carbonyl (C=O) groups excluding carboxylic acids is 1. The van der Waals surface area contributed by atoms with E-state index in [1.54, 1.807) is 0 Å². The van der Waals surface area contributed by atoms with Crippen molar-refractivity contribution >= 4 is 29.1 Å². The number of aryl methyl sites for hydroxylation is 2. The largest absolute Gasteiger partial charge is 0.490 e. The fourth-order valence-electron chi connectivity index (χ4n) is 5.54. The summed E-state index contributed by atoms with van der Waals surface area (Å²) < 4.78 is 11.8. The number of piperazine rings is 1. The molecule has 0 spiro atoms. The van der Waals surface area contributed by atoms with Crippen LogP contribution in [0.3, 0.4) is 0 Å². The maximum absolute atomic E-state index is 13.6. The number of nitrogens with zero attached hydrogens (tertiary/aromatic N) is 1. The first-order chi connectivity index (χ1) is 19.8. The normalized spacial score (nSPS) is 19.8. The SMILES string of the molecule is CCN(Cc1ccccc1Cl)C(=O)C1=CCC2(c3ccc(OCCOc4cc(C)c(C)cc4Cl)cc3)CNCC1N2. The van der Waals surface area contributed by atoms with Gasteiger partial charge in [-0.15, -0.1) is 0 Å². The molecule has 0 saturated carbocycles. The Labute approximate surface area is 252 Å². The van der Waals surface area contributed by atoms with Crippen LogP contribution in [-0.2, 0) is 16.9 Å². The number of likely N-dealkylation sites (N-methyl/N-ethyl adjacent to an activating group) is 1. The summed E-state index contributed by atoms with van der Waals surface area (Å²) >= 11 is 12.7. The highest BCUT2D eigenvalue weighted by Crippen LogP contribution is 2.35. The van der Waals surface area contributed by atoms with Crippen molar-refractivity contribution in [1.82, 2.24) is 15.5 Å². The highest BCUT2D eigenvalue weighted by atomic mass is 35.5. The van der Waals surface area contributed by atoms with Gasteiger partial charge in [0.1, 0.15) is 24.7 Å². The molecule has 216 valence electrons. The molecule has 2 heterocycles. The minimum atomic E-state index is -0.284. The van der Waals surface area contributed by atoms with Gasteiger partial charge in [0.15, 0.2) is 0 Å². The van der Waals surface area contributed by atoms with E-state index in [1.807, 2.05) is 74.2 Å². The third-order valence-electron chi connectivity index (χ3n) is 8.07. The zero-order valence-electron chi connectivity index (χ0n) is 23.8. The average Bonchev–Trinajstić information content (AvgIpc) is 2.97. The molecule has 2 unspecified atom stereocenters. The van der Waals surface area contributed by atoms with Gasteiger partial charge in [-0.05, 0) is 79.8 Å². The van der Waals surface area contributed by atoms with Crippen molar-refractivity contribution in [2.45, 2.75) is 45.3 Å². The van der Waals surface area contributed by atoms with Gasteiger partial charge in [-0.2, -0.15) is 0 Å². The molecule has 6 nitrogen and oxygen atoms in total. The first-order valence-corrected chi connectivity index (χ1v) is 14.9. The van der Waals surface area contributed by atoms with E-state index in [2.05, 4.69) is 28.8 Å². The Bertz CT molecular complexity index is 1430. The highest BCUT2D eigenvalue weighted by molar-refractivity contribution is 6.32. The molecule has 1 fully saturated rings. The minimum Gasteiger partial charge on any atom is -0.490 e. The predicted molar refractivity (Wildman–Crippen MR) is 165 cm³/mol. The number of hydrogen-bond donors (Lipinski definition) is 2. The first-order valence-electron chi connectivity index (χ1n) is 14.1. The average molecular weight is 595 g/mol. The molecule has 5 rings (SSSR count). The highest BCUT2D eigenvalue weighted by Gasteiger charge is 2.42. The standard InChI is InChI=1S/C33H37Cl2N3O3/c1-4-38(20-24-7-5-6-8-28(24)34)32(39)27-13-14-33(21-36-19-30(27)37-33)25-9-11-26(12-10-25)40-15-16-41-31-18-23(3)22(2)17-29(31)35/h5-13,17-18,30,36-37H,4,14-16,19-21H2,1-3H3. The van der Waals surface area contributed by atoms with Crippen molar-refractivity contribution in [1.29, 1.82) is 0 Å². The molecule has 3 aromatic carbocycles.